The molecule has 2 heterocycles. The smallest absolute Gasteiger partial charge is 0.260 e. The summed E-state index contributed by atoms with van der Waals surface area (Å²) in [7, 11) is 1.72. The number of methoxy groups -OCH3 is 1. The average molecular weight is 396 g/mol. The fourth-order valence-electron chi connectivity index (χ4n) is 3.88. The van der Waals surface area contributed by atoms with Crippen molar-refractivity contribution < 1.29 is 18.7 Å². The van der Waals surface area contributed by atoms with E-state index < -0.39 is 0 Å². The lowest BCUT2D eigenvalue weighted by atomic mass is 9.98. The number of carbonyl (C=O) groups excluding carboxylic acids is 1. The first-order valence-electron chi connectivity index (χ1n) is 9.92. The zero-order valence-electron chi connectivity index (χ0n) is 16.8. The third kappa shape index (κ3) is 3.91. The summed E-state index contributed by atoms with van der Waals surface area (Å²) >= 11 is 0. The van der Waals surface area contributed by atoms with Crippen LogP contribution in [0.4, 0.5) is 10.1 Å². The van der Waals surface area contributed by atoms with Gasteiger partial charge in [0, 0.05) is 42.6 Å². The SMILES string of the molecule is CCN(CCOC)CCc1ccc2c(c1)COC2=C1C(=O)Nc2ccc(F)cc21. The second kappa shape index (κ2) is 8.35. The number of benzene rings is 2. The molecule has 152 valence electrons. The molecule has 0 saturated heterocycles. The van der Waals surface area contributed by atoms with Gasteiger partial charge in [0.25, 0.3) is 5.91 Å². The van der Waals surface area contributed by atoms with Crippen LogP contribution in [0.5, 0.6) is 0 Å². The van der Waals surface area contributed by atoms with Crippen molar-refractivity contribution in [1.29, 1.82) is 0 Å². The average Bonchev–Trinajstić information content (AvgIpc) is 3.27. The van der Waals surface area contributed by atoms with Gasteiger partial charge in [0.15, 0.2) is 0 Å². The van der Waals surface area contributed by atoms with Crippen LogP contribution in [0.3, 0.4) is 0 Å². The van der Waals surface area contributed by atoms with Crippen LogP contribution < -0.4 is 5.32 Å². The summed E-state index contributed by atoms with van der Waals surface area (Å²) in [5.41, 5.74) is 4.77. The highest BCUT2D eigenvalue weighted by Crippen LogP contribution is 2.41. The number of hydrogen-bond donors (Lipinski definition) is 1. The highest BCUT2D eigenvalue weighted by Gasteiger charge is 2.32. The predicted octanol–water partition coefficient (Wildman–Crippen LogP) is 3.69. The Labute approximate surface area is 170 Å². The molecule has 0 fully saturated rings. The van der Waals surface area contributed by atoms with Crippen LogP contribution >= 0.6 is 0 Å². The molecule has 0 aliphatic carbocycles. The van der Waals surface area contributed by atoms with E-state index in [0.29, 0.717) is 29.2 Å². The minimum Gasteiger partial charge on any atom is -0.487 e. The Balaban J connectivity index is 1.57. The Hall–Kier alpha value is -2.70. The lowest BCUT2D eigenvalue weighted by Gasteiger charge is -2.19. The standard InChI is InChI=1S/C23H25FN2O3/c1-3-26(10-11-28-2)9-8-15-4-6-18-16(12-15)14-29-22(18)21-19-13-17(24)5-7-20(19)25-23(21)27/h4-7,12-13H,3,8-11,14H2,1-2H3,(H,25,27). The van der Waals surface area contributed by atoms with Crippen LogP contribution in [-0.2, 0) is 27.3 Å². The van der Waals surface area contributed by atoms with E-state index in [-0.39, 0.29) is 11.7 Å². The Kier molecular flexibility index (Phi) is 5.65. The van der Waals surface area contributed by atoms with E-state index in [1.807, 2.05) is 6.07 Å². The molecule has 0 atom stereocenters. The molecule has 2 aliphatic rings. The van der Waals surface area contributed by atoms with Gasteiger partial charge >= 0.3 is 0 Å². The van der Waals surface area contributed by atoms with E-state index in [1.54, 1.807) is 13.2 Å². The van der Waals surface area contributed by atoms with Gasteiger partial charge in [0.1, 0.15) is 18.2 Å². The molecule has 0 unspecified atom stereocenters. The summed E-state index contributed by atoms with van der Waals surface area (Å²) in [5, 5.41) is 2.79. The summed E-state index contributed by atoms with van der Waals surface area (Å²) < 4.78 is 24.8. The first-order valence-corrected chi connectivity index (χ1v) is 9.92. The molecule has 29 heavy (non-hydrogen) atoms. The van der Waals surface area contributed by atoms with E-state index in [0.717, 1.165) is 43.8 Å². The molecular weight excluding hydrogens is 371 g/mol. The maximum Gasteiger partial charge on any atom is 0.260 e. The highest BCUT2D eigenvalue weighted by atomic mass is 19.1. The van der Waals surface area contributed by atoms with Gasteiger partial charge in [-0.15, -0.1) is 0 Å². The minimum absolute atomic E-state index is 0.255. The van der Waals surface area contributed by atoms with E-state index in [2.05, 4.69) is 29.3 Å². The number of amides is 1. The maximum absolute atomic E-state index is 13.7. The largest absolute Gasteiger partial charge is 0.487 e. The minimum atomic E-state index is -0.374. The molecule has 6 heteroatoms. The topological polar surface area (TPSA) is 50.8 Å². The fraction of sp³-hybridized carbons (Fsp3) is 0.348. The second-order valence-electron chi connectivity index (χ2n) is 7.31. The van der Waals surface area contributed by atoms with Crippen LogP contribution in [0.1, 0.15) is 29.2 Å². The van der Waals surface area contributed by atoms with Crippen molar-refractivity contribution in [3.63, 3.8) is 0 Å². The first-order chi connectivity index (χ1) is 14.1. The number of likely N-dealkylation sites (N-methyl/N-ethyl adjacent to an activating group) is 1. The third-order valence-electron chi connectivity index (χ3n) is 5.52. The quantitative estimate of drug-likeness (QED) is 0.726. The number of nitrogens with one attached hydrogen (secondary N) is 1. The van der Waals surface area contributed by atoms with E-state index >= 15 is 0 Å². The van der Waals surface area contributed by atoms with Crippen molar-refractivity contribution in [2.75, 3.05) is 38.7 Å². The second-order valence-corrected chi connectivity index (χ2v) is 7.31. The van der Waals surface area contributed by atoms with Gasteiger partial charge in [-0.25, -0.2) is 4.39 Å². The summed E-state index contributed by atoms with van der Waals surface area (Å²) in [6.45, 7) is 6.16. The molecule has 0 aromatic heterocycles. The lowest BCUT2D eigenvalue weighted by molar-refractivity contribution is -0.110. The van der Waals surface area contributed by atoms with Gasteiger partial charge in [0.2, 0.25) is 0 Å². The Morgan fingerprint density at radius 1 is 1.17 bits per heavy atom. The van der Waals surface area contributed by atoms with Crippen LogP contribution in [0, 0.1) is 5.82 Å². The monoisotopic (exact) mass is 396 g/mol. The van der Waals surface area contributed by atoms with E-state index in [4.69, 9.17) is 9.47 Å². The van der Waals surface area contributed by atoms with Crippen LogP contribution in [0.2, 0.25) is 0 Å². The zero-order chi connectivity index (χ0) is 20.4. The molecule has 2 aliphatic heterocycles. The number of carbonyl (C=O) groups is 1. The van der Waals surface area contributed by atoms with Gasteiger partial charge in [-0.2, -0.15) is 0 Å². The first kappa shape index (κ1) is 19.6. The molecular formula is C23H25FN2O3. The molecule has 0 spiro atoms. The molecule has 1 amide bonds. The third-order valence-corrected chi connectivity index (χ3v) is 5.52. The van der Waals surface area contributed by atoms with Crippen LogP contribution in [0.15, 0.2) is 36.4 Å². The van der Waals surface area contributed by atoms with E-state index in [9.17, 15) is 9.18 Å². The summed E-state index contributed by atoms with van der Waals surface area (Å²) in [6, 6.07) is 10.5. The number of anilines is 1. The predicted molar refractivity (Wildman–Crippen MR) is 111 cm³/mol. The molecule has 0 saturated carbocycles. The van der Waals surface area contributed by atoms with Gasteiger partial charge in [-0.1, -0.05) is 25.1 Å². The number of nitrogens with zero attached hydrogens (tertiary/aromatic N) is 1. The molecule has 4 rings (SSSR count). The number of rotatable bonds is 7. The normalized spacial score (nSPS) is 17.3. The Morgan fingerprint density at radius 2 is 2.03 bits per heavy atom. The van der Waals surface area contributed by atoms with Gasteiger partial charge in [0.05, 0.1) is 12.2 Å². The number of fused-ring (bicyclic) bond motifs is 2. The van der Waals surface area contributed by atoms with Crippen molar-refractivity contribution >= 4 is 22.9 Å². The van der Waals surface area contributed by atoms with Crippen molar-refractivity contribution in [3.05, 3.63) is 64.5 Å². The van der Waals surface area contributed by atoms with Crippen molar-refractivity contribution in [3.8, 4) is 0 Å². The van der Waals surface area contributed by atoms with Gasteiger partial charge in [-0.3, -0.25) is 4.79 Å². The van der Waals surface area contributed by atoms with Crippen molar-refractivity contribution in [2.45, 2.75) is 20.0 Å². The summed E-state index contributed by atoms with van der Waals surface area (Å²) in [4.78, 5) is 14.9. The molecule has 0 bridgehead atoms. The van der Waals surface area contributed by atoms with Crippen LogP contribution in [0.25, 0.3) is 11.3 Å². The maximum atomic E-state index is 13.7. The van der Waals surface area contributed by atoms with Gasteiger partial charge in [-0.05, 0) is 36.7 Å². The summed E-state index contributed by atoms with van der Waals surface area (Å²) in [6.07, 6.45) is 0.936. The highest BCUT2D eigenvalue weighted by molar-refractivity contribution is 6.36. The molecule has 2 aromatic carbocycles. The van der Waals surface area contributed by atoms with Crippen molar-refractivity contribution in [2.24, 2.45) is 0 Å². The lowest BCUT2D eigenvalue weighted by Crippen LogP contribution is -2.29. The van der Waals surface area contributed by atoms with Crippen LogP contribution in [-0.4, -0.2) is 44.2 Å². The molecule has 0 radical (unpaired) electrons. The number of ether oxygens (including phenoxy) is 2. The fourth-order valence-corrected chi connectivity index (χ4v) is 3.88. The van der Waals surface area contributed by atoms with Gasteiger partial charge < -0.3 is 19.7 Å². The Bertz CT molecular complexity index is 971. The molecule has 5 nitrogen and oxygen atoms in total. The zero-order valence-corrected chi connectivity index (χ0v) is 16.8. The molecule has 1 N–H and O–H groups in total. The number of halogens is 1. The van der Waals surface area contributed by atoms with E-state index in [1.165, 1.54) is 17.7 Å². The van der Waals surface area contributed by atoms with Crippen molar-refractivity contribution in [1.82, 2.24) is 4.90 Å². The number of hydrogen-bond acceptors (Lipinski definition) is 4. The Morgan fingerprint density at radius 3 is 2.83 bits per heavy atom. The summed E-state index contributed by atoms with van der Waals surface area (Å²) in [5.74, 6) is -0.0983. The molecule has 2 aromatic rings.